The molecule has 15 heavy (non-hydrogen) atoms. The standard InChI is InChI=1S/C11H14FNOS/c1-3-10(11(13)15)14-8-4-5-9(12)7(2)6-8/h4-6,10H,3H2,1-2H3,(H2,13,15). The van der Waals surface area contributed by atoms with Gasteiger partial charge in [0.25, 0.3) is 0 Å². The van der Waals surface area contributed by atoms with Gasteiger partial charge in [0.2, 0.25) is 0 Å². The average Bonchev–Trinajstić information content (AvgIpc) is 2.19. The van der Waals surface area contributed by atoms with Crippen LogP contribution in [0.3, 0.4) is 0 Å². The smallest absolute Gasteiger partial charge is 0.148 e. The molecule has 0 saturated carbocycles. The molecule has 1 aromatic rings. The van der Waals surface area contributed by atoms with E-state index in [-0.39, 0.29) is 11.9 Å². The average molecular weight is 227 g/mol. The molecule has 1 unspecified atom stereocenters. The molecule has 0 fully saturated rings. The van der Waals surface area contributed by atoms with E-state index in [0.29, 0.717) is 22.7 Å². The van der Waals surface area contributed by atoms with Crippen molar-refractivity contribution in [3.63, 3.8) is 0 Å². The summed E-state index contributed by atoms with van der Waals surface area (Å²) in [5.41, 5.74) is 6.04. The fourth-order valence-electron chi connectivity index (χ4n) is 1.20. The summed E-state index contributed by atoms with van der Waals surface area (Å²) >= 11 is 4.85. The summed E-state index contributed by atoms with van der Waals surface area (Å²) in [6.07, 6.45) is 0.413. The first-order valence-corrected chi connectivity index (χ1v) is 5.17. The highest BCUT2D eigenvalue weighted by molar-refractivity contribution is 7.80. The number of thiocarbonyl (C=S) groups is 1. The van der Waals surface area contributed by atoms with E-state index in [4.69, 9.17) is 22.7 Å². The van der Waals surface area contributed by atoms with Crippen LogP contribution in [-0.2, 0) is 0 Å². The zero-order chi connectivity index (χ0) is 11.4. The highest BCUT2D eigenvalue weighted by Gasteiger charge is 2.11. The van der Waals surface area contributed by atoms with E-state index < -0.39 is 0 Å². The summed E-state index contributed by atoms with van der Waals surface area (Å²) < 4.78 is 18.5. The minimum Gasteiger partial charge on any atom is -0.483 e. The molecule has 0 radical (unpaired) electrons. The van der Waals surface area contributed by atoms with Gasteiger partial charge in [-0.25, -0.2) is 4.39 Å². The van der Waals surface area contributed by atoms with Crippen LogP contribution in [0.2, 0.25) is 0 Å². The molecule has 1 rings (SSSR count). The molecular formula is C11H14FNOS. The Morgan fingerprint density at radius 3 is 2.73 bits per heavy atom. The Morgan fingerprint density at radius 1 is 1.60 bits per heavy atom. The van der Waals surface area contributed by atoms with Gasteiger partial charge in [-0.2, -0.15) is 0 Å². The van der Waals surface area contributed by atoms with Gasteiger partial charge in [-0.3, -0.25) is 0 Å². The van der Waals surface area contributed by atoms with Crippen molar-refractivity contribution in [2.45, 2.75) is 26.4 Å². The summed E-state index contributed by atoms with van der Waals surface area (Å²) in [6.45, 7) is 3.62. The number of benzene rings is 1. The monoisotopic (exact) mass is 227 g/mol. The molecule has 1 aromatic carbocycles. The lowest BCUT2D eigenvalue weighted by molar-refractivity contribution is 0.263. The maximum absolute atomic E-state index is 13.0. The van der Waals surface area contributed by atoms with E-state index in [1.807, 2.05) is 6.92 Å². The van der Waals surface area contributed by atoms with Gasteiger partial charge in [0, 0.05) is 0 Å². The number of hydrogen-bond donors (Lipinski definition) is 1. The predicted octanol–water partition coefficient (Wildman–Crippen LogP) is 2.58. The van der Waals surface area contributed by atoms with Crippen molar-refractivity contribution in [1.29, 1.82) is 0 Å². The molecule has 0 aromatic heterocycles. The second-order valence-electron chi connectivity index (χ2n) is 3.33. The van der Waals surface area contributed by atoms with Crippen LogP contribution >= 0.6 is 12.2 Å². The molecule has 0 aliphatic carbocycles. The van der Waals surface area contributed by atoms with Gasteiger partial charge in [0.1, 0.15) is 22.7 Å². The van der Waals surface area contributed by atoms with Crippen LogP contribution in [0.1, 0.15) is 18.9 Å². The Labute approximate surface area is 94.2 Å². The normalized spacial score (nSPS) is 12.2. The second-order valence-corrected chi connectivity index (χ2v) is 3.80. The third-order valence-corrected chi connectivity index (χ3v) is 2.36. The lowest BCUT2D eigenvalue weighted by atomic mass is 10.2. The topological polar surface area (TPSA) is 35.2 Å². The molecule has 0 amide bonds. The quantitative estimate of drug-likeness (QED) is 0.803. The lowest BCUT2D eigenvalue weighted by Crippen LogP contribution is -2.31. The number of halogens is 1. The van der Waals surface area contributed by atoms with Gasteiger partial charge in [-0.05, 0) is 37.1 Å². The van der Waals surface area contributed by atoms with Gasteiger partial charge in [0.05, 0.1) is 0 Å². The molecular weight excluding hydrogens is 213 g/mol. The first kappa shape index (κ1) is 11.9. The number of ether oxygens (including phenoxy) is 1. The molecule has 0 heterocycles. The third kappa shape index (κ3) is 3.16. The SMILES string of the molecule is CCC(Oc1ccc(F)c(C)c1)C(N)=S. The van der Waals surface area contributed by atoms with Crippen molar-refractivity contribution < 1.29 is 9.13 Å². The molecule has 0 spiro atoms. The minimum atomic E-state index is -0.287. The number of aryl methyl sites for hydroxylation is 1. The summed E-state index contributed by atoms with van der Waals surface area (Å²) in [5, 5.41) is 0. The first-order chi connectivity index (χ1) is 7.04. The Bertz CT molecular complexity index is 368. The molecule has 1 atom stereocenters. The van der Waals surface area contributed by atoms with Gasteiger partial charge >= 0.3 is 0 Å². The molecule has 2 nitrogen and oxygen atoms in total. The van der Waals surface area contributed by atoms with Crippen molar-refractivity contribution in [1.82, 2.24) is 0 Å². The zero-order valence-electron chi connectivity index (χ0n) is 8.79. The Kier molecular flexibility index (Phi) is 4.03. The lowest BCUT2D eigenvalue weighted by Gasteiger charge is -2.16. The van der Waals surface area contributed by atoms with Gasteiger partial charge in [-0.15, -0.1) is 0 Å². The van der Waals surface area contributed by atoms with Crippen molar-refractivity contribution in [2.24, 2.45) is 5.73 Å². The molecule has 0 aliphatic heterocycles. The molecule has 0 saturated heterocycles. The van der Waals surface area contributed by atoms with Gasteiger partial charge < -0.3 is 10.5 Å². The van der Waals surface area contributed by atoms with Crippen molar-refractivity contribution in [3.05, 3.63) is 29.6 Å². The van der Waals surface area contributed by atoms with E-state index in [9.17, 15) is 4.39 Å². The summed E-state index contributed by atoms with van der Waals surface area (Å²) in [5.74, 6) is 0.347. The summed E-state index contributed by atoms with van der Waals surface area (Å²) in [4.78, 5) is 0.319. The molecule has 4 heteroatoms. The molecule has 0 aliphatic rings. The number of nitrogens with two attached hydrogens (primary N) is 1. The van der Waals surface area contributed by atoms with Gasteiger partial charge in [0.15, 0.2) is 0 Å². The van der Waals surface area contributed by atoms with E-state index in [2.05, 4.69) is 0 Å². The molecule has 82 valence electrons. The first-order valence-electron chi connectivity index (χ1n) is 4.76. The van der Waals surface area contributed by atoms with Crippen LogP contribution in [0.4, 0.5) is 4.39 Å². The maximum atomic E-state index is 13.0. The van der Waals surface area contributed by atoms with E-state index in [0.717, 1.165) is 0 Å². The molecule has 0 bridgehead atoms. The van der Waals surface area contributed by atoms with Crippen molar-refractivity contribution in [3.8, 4) is 5.75 Å². The van der Waals surface area contributed by atoms with Crippen LogP contribution in [-0.4, -0.2) is 11.1 Å². The Balaban J connectivity index is 2.80. The Hall–Kier alpha value is -1.16. The zero-order valence-corrected chi connectivity index (χ0v) is 9.60. The van der Waals surface area contributed by atoms with Crippen molar-refractivity contribution >= 4 is 17.2 Å². The highest BCUT2D eigenvalue weighted by atomic mass is 32.1. The number of hydrogen-bond acceptors (Lipinski definition) is 2. The summed E-state index contributed by atoms with van der Waals surface area (Å²) in [6, 6.07) is 4.58. The van der Waals surface area contributed by atoms with Crippen LogP contribution < -0.4 is 10.5 Å². The fraction of sp³-hybridized carbons (Fsp3) is 0.364. The number of rotatable bonds is 4. The van der Waals surface area contributed by atoms with Crippen LogP contribution in [0, 0.1) is 12.7 Å². The van der Waals surface area contributed by atoms with E-state index in [1.165, 1.54) is 6.07 Å². The largest absolute Gasteiger partial charge is 0.483 e. The van der Waals surface area contributed by atoms with Crippen LogP contribution in [0.15, 0.2) is 18.2 Å². The predicted molar refractivity (Wildman–Crippen MR) is 62.6 cm³/mol. The van der Waals surface area contributed by atoms with Crippen molar-refractivity contribution in [2.75, 3.05) is 0 Å². The third-order valence-electron chi connectivity index (χ3n) is 2.10. The fourth-order valence-corrected chi connectivity index (χ4v) is 1.41. The second kappa shape index (κ2) is 5.07. The maximum Gasteiger partial charge on any atom is 0.148 e. The summed E-state index contributed by atoms with van der Waals surface area (Å²) in [7, 11) is 0. The van der Waals surface area contributed by atoms with E-state index >= 15 is 0 Å². The minimum absolute atomic E-state index is 0.245. The van der Waals surface area contributed by atoms with Gasteiger partial charge in [-0.1, -0.05) is 19.1 Å². The van der Waals surface area contributed by atoms with Crippen LogP contribution in [0.25, 0.3) is 0 Å². The van der Waals surface area contributed by atoms with Crippen LogP contribution in [0.5, 0.6) is 5.75 Å². The Morgan fingerprint density at radius 2 is 2.27 bits per heavy atom. The van der Waals surface area contributed by atoms with E-state index in [1.54, 1.807) is 19.1 Å². The molecule has 2 N–H and O–H groups in total. The highest BCUT2D eigenvalue weighted by Crippen LogP contribution is 2.18.